The zero-order valence-electron chi connectivity index (χ0n) is 14.5. The molecule has 2 aromatic rings. The number of nitrogens with zero attached hydrogens (tertiary/aromatic N) is 2. The van der Waals surface area contributed by atoms with Crippen LogP contribution in [0.1, 0.15) is 11.1 Å². The predicted molar refractivity (Wildman–Crippen MR) is 96.8 cm³/mol. The molecular weight excluding hydrogens is 360 g/mol. The molecule has 26 heavy (non-hydrogen) atoms. The van der Waals surface area contributed by atoms with E-state index in [1.54, 1.807) is 31.2 Å². The zero-order valence-corrected chi connectivity index (χ0v) is 15.3. The summed E-state index contributed by atoms with van der Waals surface area (Å²) in [6.07, 6.45) is 1.00. The Morgan fingerprint density at radius 3 is 2.35 bits per heavy atom. The third-order valence-corrected chi connectivity index (χ3v) is 4.78. The molecule has 0 aliphatic carbocycles. The minimum atomic E-state index is -3.71. The maximum Gasteiger partial charge on any atom is 0.332 e. The number of sulfonamides is 1. The summed E-state index contributed by atoms with van der Waals surface area (Å²) >= 11 is 0. The fraction of sp³-hybridized carbons (Fsp3) is 0.235. The summed E-state index contributed by atoms with van der Waals surface area (Å²) < 4.78 is 30.3. The quantitative estimate of drug-likeness (QED) is 0.331. The number of hydrogen-bond acceptors (Lipinski definition) is 6. The molecule has 0 atom stereocenters. The molecule has 0 aromatic heterocycles. The molecule has 0 heterocycles. The monoisotopic (exact) mass is 378 g/mol. The van der Waals surface area contributed by atoms with Crippen LogP contribution in [0.2, 0.25) is 0 Å². The van der Waals surface area contributed by atoms with E-state index < -0.39 is 27.5 Å². The number of para-hydroxylation sites is 1. The summed E-state index contributed by atoms with van der Waals surface area (Å²) in [5, 5.41) is 10.8. The van der Waals surface area contributed by atoms with Crippen LogP contribution in [-0.2, 0) is 14.8 Å². The molecule has 0 aliphatic rings. The highest BCUT2D eigenvalue weighted by Crippen LogP contribution is 2.24. The minimum Gasteiger partial charge on any atom is -0.425 e. The van der Waals surface area contributed by atoms with Crippen LogP contribution in [0.25, 0.3) is 0 Å². The van der Waals surface area contributed by atoms with E-state index in [2.05, 4.69) is 0 Å². The summed E-state index contributed by atoms with van der Waals surface area (Å²) in [6, 6.07) is 10.6. The van der Waals surface area contributed by atoms with Crippen molar-refractivity contribution in [3.8, 4) is 5.75 Å². The highest BCUT2D eigenvalue weighted by Gasteiger charge is 2.23. The maximum absolute atomic E-state index is 12.2. The Morgan fingerprint density at radius 2 is 1.81 bits per heavy atom. The largest absolute Gasteiger partial charge is 0.425 e. The Balaban J connectivity index is 2.22. The number of anilines is 1. The lowest BCUT2D eigenvalue weighted by molar-refractivity contribution is -0.385. The second kappa shape index (κ2) is 7.52. The van der Waals surface area contributed by atoms with Gasteiger partial charge in [0, 0.05) is 11.6 Å². The van der Waals surface area contributed by atoms with Crippen molar-refractivity contribution in [1.82, 2.24) is 0 Å². The Kier molecular flexibility index (Phi) is 5.61. The average Bonchev–Trinajstić information content (AvgIpc) is 2.52. The van der Waals surface area contributed by atoms with E-state index in [0.29, 0.717) is 16.8 Å². The van der Waals surface area contributed by atoms with Gasteiger partial charge >= 0.3 is 5.97 Å². The van der Waals surface area contributed by atoms with E-state index in [4.69, 9.17) is 4.74 Å². The number of esters is 1. The SMILES string of the molecule is Cc1ccccc1N(CC(=O)Oc1ccc([N+](=O)[O-])c(C)c1)S(C)(=O)=O. The van der Waals surface area contributed by atoms with Crippen LogP contribution in [0.5, 0.6) is 5.75 Å². The molecule has 0 bridgehead atoms. The van der Waals surface area contributed by atoms with Crippen LogP contribution < -0.4 is 9.04 Å². The Hall–Kier alpha value is -2.94. The smallest absolute Gasteiger partial charge is 0.332 e. The van der Waals surface area contributed by atoms with Gasteiger partial charge in [-0.1, -0.05) is 18.2 Å². The molecule has 0 radical (unpaired) electrons. The lowest BCUT2D eigenvalue weighted by atomic mass is 10.2. The van der Waals surface area contributed by atoms with Crippen molar-refractivity contribution >= 4 is 27.4 Å². The molecule has 0 saturated heterocycles. The van der Waals surface area contributed by atoms with Crippen LogP contribution in [0, 0.1) is 24.0 Å². The van der Waals surface area contributed by atoms with Crippen molar-refractivity contribution in [1.29, 1.82) is 0 Å². The van der Waals surface area contributed by atoms with Gasteiger partial charge in [-0.2, -0.15) is 0 Å². The Morgan fingerprint density at radius 1 is 1.15 bits per heavy atom. The van der Waals surface area contributed by atoms with Gasteiger partial charge in [0.05, 0.1) is 16.9 Å². The molecule has 2 aromatic carbocycles. The zero-order chi connectivity index (χ0) is 19.5. The first-order chi connectivity index (χ1) is 12.1. The second-order valence-electron chi connectivity index (χ2n) is 5.74. The average molecular weight is 378 g/mol. The van der Waals surface area contributed by atoms with E-state index in [0.717, 1.165) is 10.6 Å². The van der Waals surface area contributed by atoms with Gasteiger partial charge in [0.2, 0.25) is 10.0 Å². The van der Waals surface area contributed by atoms with Crippen molar-refractivity contribution in [3.05, 3.63) is 63.7 Å². The van der Waals surface area contributed by atoms with Crippen molar-refractivity contribution in [3.63, 3.8) is 0 Å². The molecular formula is C17H18N2O6S. The van der Waals surface area contributed by atoms with Gasteiger partial charge in [-0.25, -0.2) is 13.2 Å². The maximum atomic E-state index is 12.2. The molecule has 0 aliphatic heterocycles. The standard InChI is InChI=1S/C17H18N2O6S/c1-12-6-4-5-7-15(12)18(26(3,23)24)11-17(20)25-14-8-9-16(19(21)22)13(2)10-14/h4-10H,11H2,1-3H3. The number of carbonyl (C=O) groups excluding carboxylic acids is 1. The molecule has 2 rings (SSSR count). The lowest BCUT2D eigenvalue weighted by Gasteiger charge is -2.23. The molecule has 0 saturated carbocycles. The van der Waals surface area contributed by atoms with E-state index in [1.807, 2.05) is 0 Å². The fourth-order valence-corrected chi connectivity index (χ4v) is 3.30. The van der Waals surface area contributed by atoms with E-state index in [1.165, 1.54) is 25.1 Å². The number of benzene rings is 2. The summed E-state index contributed by atoms with van der Waals surface area (Å²) in [5.74, 6) is -0.691. The number of nitro groups is 1. The highest BCUT2D eigenvalue weighted by atomic mass is 32.2. The van der Waals surface area contributed by atoms with Gasteiger partial charge < -0.3 is 4.74 Å². The van der Waals surface area contributed by atoms with Crippen molar-refractivity contribution in [2.45, 2.75) is 13.8 Å². The lowest BCUT2D eigenvalue weighted by Crippen LogP contribution is -2.37. The number of carbonyl (C=O) groups is 1. The summed E-state index contributed by atoms with van der Waals surface area (Å²) in [7, 11) is -3.71. The molecule has 0 N–H and O–H groups in total. The van der Waals surface area contributed by atoms with Crippen LogP contribution in [0.15, 0.2) is 42.5 Å². The van der Waals surface area contributed by atoms with Gasteiger partial charge in [-0.3, -0.25) is 14.4 Å². The first kappa shape index (κ1) is 19.4. The van der Waals surface area contributed by atoms with Crippen molar-refractivity contribution < 1.29 is 22.9 Å². The topological polar surface area (TPSA) is 107 Å². The third kappa shape index (κ3) is 4.57. The van der Waals surface area contributed by atoms with Gasteiger partial charge in [-0.05, 0) is 37.6 Å². The number of ether oxygens (including phenoxy) is 1. The molecule has 9 heteroatoms. The molecule has 0 spiro atoms. The molecule has 8 nitrogen and oxygen atoms in total. The van der Waals surface area contributed by atoms with Gasteiger partial charge in [-0.15, -0.1) is 0 Å². The van der Waals surface area contributed by atoms with Crippen molar-refractivity contribution in [2.75, 3.05) is 17.1 Å². The molecule has 0 unspecified atom stereocenters. The van der Waals surface area contributed by atoms with Gasteiger partial charge in [0.1, 0.15) is 12.3 Å². The molecule has 138 valence electrons. The van der Waals surface area contributed by atoms with E-state index in [9.17, 15) is 23.3 Å². The summed E-state index contributed by atoms with van der Waals surface area (Å²) in [4.78, 5) is 22.5. The number of nitro benzene ring substituents is 1. The normalized spacial score (nSPS) is 11.0. The van der Waals surface area contributed by atoms with Gasteiger partial charge in [0.25, 0.3) is 5.69 Å². The minimum absolute atomic E-state index is 0.0949. The number of hydrogen-bond donors (Lipinski definition) is 0. The van der Waals surface area contributed by atoms with Gasteiger partial charge in [0.15, 0.2) is 0 Å². The predicted octanol–water partition coefficient (Wildman–Crippen LogP) is 2.58. The number of aryl methyl sites for hydroxylation is 2. The molecule has 0 fully saturated rings. The van der Waals surface area contributed by atoms with E-state index >= 15 is 0 Å². The Bertz CT molecular complexity index is 955. The molecule has 0 amide bonds. The summed E-state index contributed by atoms with van der Waals surface area (Å²) in [5.41, 5.74) is 1.31. The van der Waals surface area contributed by atoms with E-state index in [-0.39, 0.29) is 11.4 Å². The van der Waals surface area contributed by atoms with Crippen LogP contribution in [0.3, 0.4) is 0 Å². The highest BCUT2D eigenvalue weighted by molar-refractivity contribution is 7.92. The first-order valence-electron chi connectivity index (χ1n) is 7.58. The fourth-order valence-electron chi connectivity index (χ4n) is 2.40. The van der Waals surface area contributed by atoms with Crippen LogP contribution >= 0.6 is 0 Å². The van der Waals surface area contributed by atoms with Crippen LogP contribution in [0.4, 0.5) is 11.4 Å². The first-order valence-corrected chi connectivity index (χ1v) is 9.43. The number of rotatable bonds is 6. The second-order valence-corrected chi connectivity index (χ2v) is 7.64. The Labute approximate surface area is 151 Å². The van der Waals surface area contributed by atoms with Crippen molar-refractivity contribution in [2.24, 2.45) is 0 Å². The third-order valence-electron chi connectivity index (χ3n) is 3.65. The summed E-state index contributed by atoms with van der Waals surface area (Å²) in [6.45, 7) is 2.74. The van der Waals surface area contributed by atoms with Crippen LogP contribution in [-0.4, -0.2) is 32.1 Å².